The second-order valence-corrected chi connectivity index (χ2v) is 14.0. The van der Waals surface area contributed by atoms with Crippen molar-refractivity contribution in [3.05, 3.63) is 170 Å². The van der Waals surface area contributed by atoms with E-state index in [-0.39, 0.29) is 0 Å². The highest BCUT2D eigenvalue weighted by atomic mass is 32.1. The molecule has 8 aromatic carbocycles. The quantitative estimate of drug-likeness (QED) is 0.188. The van der Waals surface area contributed by atoms with Gasteiger partial charge in [0.05, 0.1) is 16.7 Å². The molecule has 0 N–H and O–H groups in total. The molecule has 0 aliphatic heterocycles. The molecule has 0 bridgehead atoms. The van der Waals surface area contributed by atoms with Gasteiger partial charge < -0.3 is 13.9 Å². The fourth-order valence-electron chi connectivity index (χ4n) is 7.92. The van der Waals surface area contributed by atoms with E-state index in [1.165, 1.54) is 52.8 Å². The molecule has 234 valence electrons. The summed E-state index contributed by atoms with van der Waals surface area (Å²) >= 11 is 1.86. The van der Waals surface area contributed by atoms with Gasteiger partial charge in [0.1, 0.15) is 11.2 Å². The number of hydrogen-bond donors (Lipinski definition) is 0. The second kappa shape index (κ2) is 10.6. The molecule has 0 spiro atoms. The van der Waals surface area contributed by atoms with Crippen molar-refractivity contribution in [3.8, 4) is 5.69 Å². The number of rotatable bonds is 4. The van der Waals surface area contributed by atoms with Crippen LogP contribution in [0.2, 0.25) is 0 Å². The first-order valence-corrected chi connectivity index (χ1v) is 17.7. The smallest absolute Gasteiger partial charge is 0.137 e. The molecule has 3 nitrogen and oxygen atoms in total. The zero-order chi connectivity index (χ0) is 32.8. The summed E-state index contributed by atoms with van der Waals surface area (Å²) in [5.74, 6) is 0. The normalized spacial score (nSPS) is 12.0. The second-order valence-electron chi connectivity index (χ2n) is 13.0. The molecule has 11 aromatic rings. The number of anilines is 3. The van der Waals surface area contributed by atoms with Crippen molar-refractivity contribution >= 4 is 103 Å². The highest BCUT2D eigenvalue weighted by molar-refractivity contribution is 7.26. The lowest BCUT2D eigenvalue weighted by Gasteiger charge is -2.26. The van der Waals surface area contributed by atoms with E-state index in [4.69, 9.17) is 4.42 Å². The third-order valence-corrected chi connectivity index (χ3v) is 11.2. The molecule has 11 rings (SSSR count). The first-order chi connectivity index (χ1) is 24.8. The van der Waals surface area contributed by atoms with Gasteiger partial charge >= 0.3 is 0 Å². The molecular weight excluding hydrogens is 629 g/mol. The minimum absolute atomic E-state index is 0.879. The van der Waals surface area contributed by atoms with E-state index in [0.717, 1.165) is 44.7 Å². The van der Waals surface area contributed by atoms with Gasteiger partial charge in [-0.2, -0.15) is 0 Å². The summed E-state index contributed by atoms with van der Waals surface area (Å²) in [4.78, 5) is 2.42. The first kappa shape index (κ1) is 27.6. The van der Waals surface area contributed by atoms with Crippen LogP contribution >= 0.6 is 11.3 Å². The Kier molecular flexibility index (Phi) is 5.83. The van der Waals surface area contributed by atoms with Crippen LogP contribution in [0.1, 0.15) is 0 Å². The number of fused-ring (bicyclic) bond motifs is 10. The van der Waals surface area contributed by atoms with Crippen LogP contribution < -0.4 is 4.90 Å². The van der Waals surface area contributed by atoms with Gasteiger partial charge in [-0.05, 0) is 89.6 Å². The maximum absolute atomic E-state index is 6.46. The summed E-state index contributed by atoms with van der Waals surface area (Å²) in [5, 5.41) is 9.74. The predicted molar refractivity (Wildman–Crippen MR) is 213 cm³/mol. The Balaban J connectivity index is 1.21. The number of aromatic nitrogens is 1. The van der Waals surface area contributed by atoms with Gasteiger partial charge in [-0.3, -0.25) is 0 Å². The lowest BCUT2D eigenvalue weighted by atomic mass is 10.0. The summed E-state index contributed by atoms with van der Waals surface area (Å²) < 4.78 is 11.4. The zero-order valence-corrected chi connectivity index (χ0v) is 27.7. The highest BCUT2D eigenvalue weighted by Crippen LogP contribution is 2.47. The van der Waals surface area contributed by atoms with Crippen molar-refractivity contribution < 1.29 is 4.42 Å². The Morgan fingerprint density at radius 3 is 2.04 bits per heavy atom. The SMILES string of the molecule is c1ccc(-n2c3ccccc3c3cc(N(c4ccc5c(c4)oc4ccccc45)c4cccc5sc6cc7ccccc7cc6c45)ccc32)cc1. The van der Waals surface area contributed by atoms with Gasteiger partial charge in [0.25, 0.3) is 0 Å². The van der Waals surface area contributed by atoms with E-state index in [1.807, 2.05) is 23.5 Å². The van der Waals surface area contributed by atoms with E-state index >= 15 is 0 Å². The van der Waals surface area contributed by atoms with E-state index in [9.17, 15) is 0 Å². The summed E-state index contributed by atoms with van der Waals surface area (Å²) in [7, 11) is 0. The Labute approximate surface area is 291 Å². The van der Waals surface area contributed by atoms with Crippen molar-refractivity contribution in [2.75, 3.05) is 4.90 Å². The molecule has 0 saturated carbocycles. The highest BCUT2D eigenvalue weighted by Gasteiger charge is 2.22. The number of hydrogen-bond acceptors (Lipinski definition) is 3. The van der Waals surface area contributed by atoms with Crippen LogP contribution in [0.5, 0.6) is 0 Å². The molecule has 3 aromatic heterocycles. The van der Waals surface area contributed by atoms with E-state index in [2.05, 4.69) is 167 Å². The summed E-state index contributed by atoms with van der Waals surface area (Å²) in [5.41, 5.74) is 8.60. The number of nitrogens with zero attached hydrogens (tertiary/aromatic N) is 2. The largest absolute Gasteiger partial charge is 0.456 e. The van der Waals surface area contributed by atoms with Crippen molar-refractivity contribution in [2.45, 2.75) is 0 Å². The number of thiophene rings is 1. The van der Waals surface area contributed by atoms with E-state index in [0.29, 0.717) is 0 Å². The van der Waals surface area contributed by atoms with Crippen molar-refractivity contribution in [3.63, 3.8) is 0 Å². The average molecular weight is 657 g/mol. The van der Waals surface area contributed by atoms with Gasteiger partial charge in [-0.1, -0.05) is 84.9 Å². The van der Waals surface area contributed by atoms with Crippen molar-refractivity contribution in [1.82, 2.24) is 4.57 Å². The van der Waals surface area contributed by atoms with Gasteiger partial charge in [-0.15, -0.1) is 11.3 Å². The average Bonchev–Trinajstić information content (AvgIpc) is 3.83. The molecule has 0 atom stereocenters. The Bertz CT molecular complexity index is 3110. The fraction of sp³-hybridized carbons (Fsp3) is 0. The lowest BCUT2D eigenvalue weighted by molar-refractivity contribution is 0.669. The molecule has 3 heterocycles. The summed E-state index contributed by atoms with van der Waals surface area (Å²) in [6.45, 7) is 0. The van der Waals surface area contributed by atoms with Gasteiger partial charge in [0.2, 0.25) is 0 Å². The van der Waals surface area contributed by atoms with Crippen LogP contribution in [0.15, 0.2) is 174 Å². The van der Waals surface area contributed by atoms with Crippen molar-refractivity contribution in [2.24, 2.45) is 0 Å². The Hall–Kier alpha value is -6.36. The van der Waals surface area contributed by atoms with Gasteiger partial charge in [0, 0.05) is 64.8 Å². The maximum atomic E-state index is 6.46. The van der Waals surface area contributed by atoms with Crippen LogP contribution in [0.4, 0.5) is 17.1 Å². The molecule has 50 heavy (non-hydrogen) atoms. The lowest BCUT2D eigenvalue weighted by Crippen LogP contribution is -2.10. The molecule has 0 amide bonds. The van der Waals surface area contributed by atoms with Crippen molar-refractivity contribution in [1.29, 1.82) is 0 Å². The monoisotopic (exact) mass is 656 g/mol. The van der Waals surface area contributed by atoms with E-state index < -0.39 is 0 Å². The van der Waals surface area contributed by atoms with Gasteiger partial charge in [0.15, 0.2) is 0 Å². The molecule has 0 aliphatic rings. The fourth-order valence-corrected chi connectivity index (χ4v) is 9.07. The molecule has 0 saturated heterocycles. The predicted octanol–water partition coefficient (Wildman–Crippen LogP) is 13.7. The third-order valence-electron chi connectivity index (χ3n) is 10.1. The first-order valence-electron chi connectivity index (χ1n) is 16.9. The van der Waals surface area contributed by atoms with Crippen LogP contribution in [-0.4, -0.2) is 4.57 Å². The topological polar surface area (TPSA) is 21.3 Å². The number of para-hydroxylation sites is 3. The van der Waals surface area contributed by atoms with Crippen LogP contribution in [0, 0.1) is 0 Å². The standard InChI is InChI=1S/C46H28N2OS/c1-2-13-31(14-3-1)48-39-17-8-6-15-34(39)37-27-32(22-24-40(37)48)47(33-21-23-36-35-16-7-9-19-42(35)49-43(36)28-33)41-18-10-20-44-46(41)38-25-29-11-4-5-12-30(29)26-45(38)50-44/h1-28H. The third kappa shape index (κ3) is 4.03. The Morgan fingerprint density at radius 2 is 1.14 bits per heavy atom. The van der Waals surface area contributed by atoms with Crippen LogP contribution in [-0.2, 0) is 0 Å². The summed E-state index contributed by atoms with van der Waals surface area (Å²) in [6.07, 6.45) is 0. The van der Waals surface area contributed by atoms with Crippen LogP contribution in [0.25, 0.3) is 80.4 Å². The Morgan fingerprint density at radius 1 is 0.440 bits per heavy atom. The molecule has 0 fully saturated rings. The summed E-state index contributed by atoms with van der Waals surface area (Å²) in [6, 6.07) is 61.3. The van der Waals surface area contributed by atoms with Gasteiger partial charge in [-0.25, -0.2) is 0 Å². The molecule has 0 aliphatic carbocycles. The maximum Gasteiger partial charge on any atom is 0.137 e. The molecular formula is C46H28N2OS. The van der Waals surface area contributed by atoms with E-state index in [1.54, 1.807) is 0 Å². The molecule has 0 unspecified atom stereocenters. The zero-order valence-electron chi connectivity index (χ0n) is 26.9. The molecule has 0 radical (unpaired) electrons. The van der Waals surface area contributed by atoms with Crippen LogP contribution in [0.3, 0.4) is 0 Å². The minimum Gasteiger partial charge on any atom is -0.456 e. The minimum atomic E-state index is 0.879. The number of benzene rings is 8. The number of furan rings is 1. The molecule has 4 heteroatoms.